The number of hydrogen-bond donors (Lipinski definition) is 0. The Morgan fingerprint density at radius 2 is 1.04 bits per heavy atom. The number of aromatic nitrogens is 1. The van der Waals surface area contributed by atoms with Gasteiger partial charge in [-0.25, -0.2) is 4.57 Å². The van der Waals surface area contributed by atoms with E-state index >= 15 is 0 Å². The van der Waals surface area contributed by atoms with E-state index in [1.807, 2.05) is 0 Å². The van der Waals surface area contributed by atoms with Gasteiger partial charge in [-0.2, -0.15) is 0 Å². The first-order valence-corrected chi connectivity index (χ1v) is 10.8. The van der Waals surface area contributed by atoms with Crippen LogP contribution in [0.25, 0.3) is 0 Å². The van der Waals surface area contributed by atoms with Gasteiger partial charge in [0.2, 0.25) is 0 Å². The van der Waals surface area contributed by atoms with E-state index in [-0.39, 0.29) is 0 Å². The second-order valence-electron chi connectivity index (χ2n) is 7.44. The molecule has 24 heavy (non-hydrogen) atoms. The van der Waals surface area contributed by atoms with Gasteiger partial charge in [0, 0.05) is 18.6 Å². The van der Waals surface area contributed by atoms with Gasteiger partial charge < -0.3 is 0 Å². The quantitative estimate of drug-likeness (QED) is 0.226. The molecule has 0 aliphatic heterocycles. The molecular weight excluding hydrogens is 290 g/mol. The largest absolute Gasteiger partial charge is 0.205 e. The fraction of sp³-hybridized carbons (Fsp3) is 0.783. The highest BCUT2D eigenvalue weighted by atomic mass is 14.9. The molecule has 0 spiro atoms. The van der Waals surface area contributed by atoms with Gasteiger partial charge in [0.25, 0.3) is 0 Å². The molecule has 0 unspecified atom stereocenters. The molecule has 0 aliphatic carbocycles. The molecule has 0 N–H and O–H groups in total. The summed E-state index contributed by atoms with van der Waals surface area (Å²) in [5.41, 5.74) is 1.50. The van der Waals surface area contributed by atoms with Gasteiger partial charge in [0.05, 0.1) is 0 Å². The molecular formula is C23H42N+. The SMILES string of the molecule is CCCCCCCCCCCCC[n+]1ccc(CCCCC)cc1. The van der Waals surface area contributed by atoms with E-state index < -0.39 is 0 Å². The van der Waals surface area contributed by atoms with E-state index in [2.05, 4.69) is 42.9 Å². The molecule has 0 aromatic carbocycles. The maximum atomic E-state index is 2.36. The number of pyridine rings is 1. The van der Waals surface area contributed by atoms with Crippen LogP contribution in [-0.2, 0) is 13.0 Å². The topological polar surface area (TPSA) is 3.88 Å². The number of unbranched alkanes of at least 4 members (excludes halogenated alkanes) is 12. The van der Waals surface area contributed by atoms with Crippen molar-refractivity contribution < 1.29 is 4.57 Å². The fourth-order valence-electron chi connectivity index (χ4n) is 3.34. The Morgan fingerprint density at radius 3 is 1.58 bits per heavy atom. The summed E-state index contributed by atoms with van der Waals surface area (Å²) >= 11 is 0. The summed E-state index contributed by atoms with van der Waals surface area (Å²) in [5.74, 6) is 0. The number of nitrogens with zero attached hydrogens (tertiary/aromatic N) is 1. The van der Waals surface area contributed by atoms with Crippen LogP contribution in [0.15, 0.2) is 24.5 Å². The molecule has 1 aromatic heterocycles. The van der Waals surface area contributed by atoms with E-state index in [1.54, 1.807) is 0 Å². The van der Waals surface area contributed by atoms with Crippen LogP contribution in [0.3, 0.4) is 0 Å². The van der Waals surface area contributed by atoms with Gasteiger partial charge >= 0.3 is 0 Å². The normalized spacial score (nSPS) is 11.1. The van der Waals surface area contributed by atoms with Gasteiger partial charge in [-0.05, 0) is 24.8 Å². The van der Waals surface area contributed by atoms with Crippen molar-refractivity contribution >= 4 is 0 Å². The highest BCUT2D eigenvalue weighted by molar-refractivity contribution is 5.07. The number of rotatable bonds is 16. The molecule has 1 heterocycles. The van der Waals surface area contributed by atoms with E-state index in [1.165, 1.54) is 108 Å². The van der Waals surface area contributed by atoms with Crippen molar-refractivity contribution in [1.29, 1.82) is 0 Å². The summed E-state index contributed by atoms with van der Waals surface area (Å²) in [7, 11) is 0. The molecule has 0 saturated carbocycles. The third-order valence-corrected chi connectivity index (χ3v) is 5.05. The van der Waals surface area contributed by atoms with E-state index in [0.717, 1.165) is 0 Å². The molecule has 0 atom stereocenters. The third kappa shape index (κ3) is 11.6. The van der Waals surface area contributed by atoms with Gasteiger partial charge in [-0.15, -0.1) is 0 Å². The van der Waals surface area contributed by atoms with Crippen LogP contribution in [0, 0.1) is 0 Å². The zero-order chi connectivity index (χ0) is 17.3. The lowest BCUT2D eigenvalue weighted by Crippen LogP contribution is -2.32. The van der Waals surface area contributed by atoms with Crippen LogP contribution < -0.4 is 4.57 Å². The first-order valence-electron chi connectivity index (χ1n) is 10.8. The van der Waals surface area contributed by atoms with Crippen molar-refractivity contribution in [2.24, 2.45) is 0 Å². The lowest BCUT2D eigenvalue weighted by Gasteiger charge is -2.02. The highest BCUT2D eigenvalue weighted by Gasteiger charge is 2.01. The van der Waals surface area contributed by atoms with E-state index in [4.69, 9.17) is 0 Å². The molecule has 1 rings (SSSR count). The number of aryl methyl sites for hydroxylation is 2. The highest BCUT2D eigenvalue weighted by Crippen LogP contribution is 2.11. The van der Waals surface area contributed by atoms with Gasteiger partial charge in [-0.1, -0.05) is 84.5 Å². The third-order valence-electron chi connectivity index (χ3n) is 5.05. The zero-order valence-corrected chi connectivity index (χ0v) is 16.6. The van der Waals surface area contributed by atoms with Crippen LogP contribution in [0.2, 0.25) is 0 Å². The van der Waals surface area contributed by atoms with Crippen LogP contribution in [0.1, 0.15) is 109 Å². The lowest BCUT2D eigenvalue weighted by atomic mass is 10.1. The Kier molecular flexibility index (Phi) is 13.8. The standard InChI is InChI=1S/C23H42N/c1-3-5-7-8-9-10-11-12-13-14-16-20-24-21-18-23(19-22-24)17-15-6-4-2/h18-19,21-22H,3-17,20H2,1-2H3/q+1. The fourth-order valence-corrected chi connectivity index (χ4v) is 3.34. The molecule has 0 aliphatic rings. The monoisotopic (exact) mass is 332 g/mol. The summed E-state index contributed by atoms with van der Waals surface area (Å²) in [4.78, 5) is 0. The second kappa shape index (κ2) is 15.7. The van der Waals surface area contributed by atoms with Crippen LogP contribution in [0.5, 0.6) is 0 Å². The summed E-state index contributed by atoms with van der Waals surface area (Å²) < 4.78 is 2.36. The van der Waals surface area contributed by atoms with Crippen molar-refractivity contribution in [3.63, 3.8) is 0 Å². The Labute approximate surface area is 151 Å². The molecule has 0 saturated heterocycles. The number of hydrogen-bond acceptors (Lipinski definition) is 0. The molecule has 0 fully saturated rings. The van der Waals surface area contributed by atoms with Crippen molar-refractivity contribution in [3.8, 4) is 0 Å². The molecule has 138 valence electrons. The minimum Gasteiger partial charge on any atom is -0.205 e. The summed E-state index contributed by atoms with van der Waals surface area (Å²) in [6.07, 6.45) is 25.4. The van der Waals surface area contributed by atoms with Crippen molar-refractivity contribution in [2.75, 3.05) is 0 Å². The van der Waals surface area contributed by atoms with Crippen molar-refractivity contribution in [2.45, 2.75) is 117 Å². The summed E-state index contributed by atoms with van der Waals surface area (Å²) in [5, 5.41) is 0. The van der Waals surface area contributed by atoms with Crippen molar-refractivity contribution in [3.05, 3.63) is 30.1 Å². The minimum atomic E-state index is 1.19. The molecule has 0 bridgehead atoms. The summed E-state index contributed by atoms with van der Waals surface area (Å²) in [6.45, 7) is 5.75. The van der Waals surface area contributed by atoms with Gasteiger partial charge in [0.15, 0.2) is 12.4 Å². The predicted molar refractivity (Wildman–Crippen MR) is 106 cm³/mol. The first-order chi connectivity index (χ1) is 11.9. The zero-order valence-electron chi connectivity index (χ0n) is 16.6. The predicted octanol–water partition coefficient (Wildman–Crippen LogP) is 7.02. The van der Waals surface area contributed by atoms with Crippen LogP contribution in [-0.4, -0.2) is 0 Å². The second-order valence-corrected chi connectivity index (χ2v) is 7.44. The maximum Gasteiger partial charge on any atom is 0.169 e. The Balaban J connectivity index is 1.93. The Morgan fingerprint density at radius 1 is 0.583 bits per heavy atom. The summed E-state index contributed by atoms with van der Waals surface area (Å²) in [6, 6.07) is 4.63. The average Bonchev–Trinajstić information content (AvgIpc) is 2.61. The molecule has 0 amide bonds. The van der Waals surface area contributed by atoms with Gasteiger partial charge in [0.1, 0.15) is 6.54 Å². The van der Waals surface area contributed by atoms with Crippen molar-refractivity contribution in [1.82, 2.24) is 0 Å². The lowest BCUT2D eigenvalue weighted by molar-refractivity contribution is -0.697. The van der Waals surface area contributed by atoms with Crippen LogP contribution in [0.4, 0.5) is 0 Å². The minimum absolute atomic E-state index is 1.19. The Bertz CT molecular complexity index is 368. The van der Waals surface area contributed by atoms with E-state index in [0.29, 0.717) is 0 Å². The van der Waals surface area contributed by atoms with E-state index in [9.17, 15) is 0 Å². The molecule has 0 radical (unpaired) electrons. The van der Waals surface area contributed by atoms with Crippen LogP contribution >= 0.6 is 0 Å². The van der Waals surface area contributed by atoms with Gasteiger partial charge in [-0.3, -0.25) is 0 Å². The smallest absolute Gasteiger partial charge is 0.169 e. The molecule has 1 heteroatoms. The molecule has 1 nitrogen and oxygen atoms in total. The molecule has 1 aromatic rings. The maximum absolute atomic E-state index is 2.36. The first kappa shape index (κ1) is 21.2. The Hall–Kier alpha value is -0.850. The average molecular weight is 333 g/mol.